The Kier molecular flexibility index (Phi) is 6.65. The summed E-state index contributed by atoms with van der Waals surface area (Å²) in [6.45, 7) is 8.50. The normalized spacial score (nSPS) is 14.4. The lowest BCUT2D eigenvalue weighted by atomic mass is 10.2. The van der Waals surface area contributed by atoms with Crippen LogP contribution in [0.3, 0.4) is 0 Å². The van der Waals surface area contributed by atoms with Crippen LogP contribution < -0.4 is 5.32 Å². The van der Waals surface area contributed by atoms with Crippen LogP contribution in [0.1, 0.15) is 50.7 Å². The van der Waals surface area contributed by atoms with Crippen molar-refractivity contribution in [2.24, 2.45) is 0 Å². The maximum atomic E-state index is 12.1. The lowest BCUT2D eigenvalue weighted by molar-refractivity contribution is -0.120. The Labute approximate surface area is 121 Å². The summed E-state index contributed by atoms with van der Waals surface area (Å²) in [5, 5.41) is 5.27. The molecular formula is C13H22N2O2S2. The molecule has 0 aliphatic rings. The molecule has 0 aromatic carbocycles. The van der Waals surface area contributed by atoms with Crippen LogP contribution in [0.4, 0.5) is 0 Å². The first kappa shape index (κ1) is 16.3. The van der Waals surface area contributed by atoms with E-state index in [0.29, 0.717) is 18.2 Å². The number of hydrogen-bond acceptors (Lipinski definition) is 4. The third kappa shape index (κ3) is 5.03. The minimum atomic E-state index is -1.22. The van der Waals surface area contributed by atoms with Crippen molar-refractivity contribution in [1.82, 2.24) is 10.3 Å². The van der Waals surface area contributed by atoms with Gasteiger partial charge in [0, 0.05) is 28.6 Å². The van der Waals surface area contributed by atoms with Gasteiger partial charge in [0.05, 0.1) is 16.5 Å². The lowest BCUT2D eigenvalue weighted by Crippen LogP contribution is -2.36. The molecule has 2 atom stereocenters. The van der Waals surface area contributed by atoms with Gasteiger partial charge in [-0.25, -0.2) is 4.98 Å². The molecule has 6 heteroatoms. The molecule has 1 aromatic heterocycles. The zero-order valence-electron chi connectivity index (χ0n) is 11.9. The molecule has 0 unspecified atom stereocenters. The van der Waals surface area contributed by atoms with Crippen molar-refractivity contribution in [3.63, 3.8) is 0 Å². The Bertz CT molecular complexity index is 444. The number of amides is 1. The van der Waals surface area contributed by atoms with E-state index in [0.717, 1.165) is 17.1 Å². The monoisotopic (exact) mass is 302 g/mol. The molecule has 1 heterocycles. The second-order valence-corrected chi connectivity index (χ2v) is 7.44. The molecule has 1 N–H and O–H groups in total. The first-order valence-corrected chi connectivity index (χ1v) is 8.81. The molecule has 0 radical (unpaired) electrons. The highest BCUT2D eigenvalue weighted by Crippen LogP contribution is 2.20. The highest BCUT2D eigenvalue weighted by Gasteiger charge is 2.20. The first-order chi connectivity index (χ1) is 8.95. The minimum Gasteiger partial charge on any atom is -0.355 e. The zero-order valence-corrected chi connectivity index (χ0v) is 13.6. The van der Waals surface area contributed by atoms with Gasteiger partial charge in [-0.2, -0.15) is 0 Å². The highest BCUT2D eigenvalue weighted by molar-refractivity contribution is 7.85. The van der Waals surface area contributed by atoms with Crippen LogP contribution in [-0.4, -0.2) is 26.9 Å². The molecule has 0 fully saturated rings. The number of thiazole rings is 1. The van der Waals surface area contributed by atoms with Crippen molar-refractivity contribution in [2.45, 2.75) is 51.0 Å². The van der Waals surface area contributed by atoms with E-state index in [1.54, 1.807) is 18.3 Å². The lowest BCUT2D eigenvalue weighted by Gasteiger charge is -2.10. The maximum Gasteiger partial charge on any atom is 0.235 e. The van der Waals surface area contributed by atoms with Crippen molar-refractivity contribution in [3.05, 3.63) is 16.1 Å². The average Bonchev–Trinajstić information content (AvgIpc) is 2.83. The summed E-state index contributed by atoms with van der Waals surface area (Å²) >= 11 is 1.59. The number of carbonyl (C=O) groups is 1. The smallest absolute Gasteiger partial charge is 0.235 e. The standard InChI is InChI=1S/C13H22N2O2S2/c1-5-6-14-12(16)10(4)19(17)8-11-7-18-13(15-11)9(2)3/h7,9-10H,5-6,8H2,1-4H3,(H,14,16)/t10-,19-/m1/s1. The van der Waals surface area contributed by atoms with Crippen LogP contribution in [0.25, 0.3) is 0 Å². The number of hydrogen-bond donors (Lipinski definition) is 1. The number of aromatic nitrogens is 1. The average molecular weight is 302 g/mol. The van der Waals surface area contributed by atoms with E-state index < -0.39 is 16.0 Å². The topological polar surface area (TPSA) is 59.1 Å². The number of nitrogens with one attached hydrogen (secondary N) is 1. The molecule has 0 saturated carbocycles. The Hall–Kier alpha value is -0.750. The molecule has 0 bridgehead atoms. The summed E-state index contributed by atoms with van der Waals surface area (Å²) in [6.07, 6.45) is 0.884. The van der Waals surface area contributed by atoms with Gasteiger partial charge in [-0.1, -0.05) is 20.8 Å². The molecule has 0 spiro atoms. The summed E-state index contributed by atoms with van der Waals surface area (Å²) in [5.41, 5.74) is 0.821. The Balaban J connectivity index is 2.55. The van der Waals surface area contributed by atoms with Gasteiger partial charge in [0.25, 0.3) is 0 Å². The second kappa shape index (κ2) is 7.75. The van der Waals surface area contributed by atoms with E-state index in [1.165, 1.54) is 0 Å². The van der Waals surface area contributed by atoms with Crippen LogP contribution in [0.2, 0.25) is 0 Å². The van der Waals surface area contributed by atoms with Gasteiger partial charge >= 0.3 is 0 Å². The fourth-order valence-corrected chi connectivity index (χ4v) is 3.39. The van der Waals surface area contributed by atoms with E-state index in [-0.39, 0.29) is 5.91 Å². The molecule has 0 aliphatic carbocycles. The number of nitrogens with zero attached hydrogens (tertiary/aromatic N) is 1. The van der Waals surface area contributed by atoms with Crippen LogP contribution in [0.15, 0.2) is 5.38 Å². The molecule has 4 nitrogen and oxygen atoms in total. The van der Waals surface area contributed by atoms with E-state index >= 15 is 0 Å². The van der Waals surface area contributed by atoms with Gasteiger partial charge in [-0.3, -0.25) is 9.00 Å². The molecule has 1 rings (SSSR count). The second-order valence-electron chi connectivity index (χ2n) is 4.79. The molecule has 108 valence electrons. The van der Waals surface area contributed by atoms with E-state index in [9.17, 15) is 9.00 Å². The van der Waals surface area contributed by atoms with Gasteiger partial charge < -0.3 is 5.32 Å². The zero-order chi connectivity index (χ0) is 14.4. The third-order valence-corrected chi connectivity index (χ3v) is 5.44. The van der Waals surface area contributed by atoms with Crippen molar-refractivity contribution in [2.75, 3.05) is 6.54 Å². The Morgan fingerprint density at radius 2 is 2.16 bits per heavy atom. The molecule has 0 saturated heterocycles. The first-order valence-electron chi connectivity index (χ1n) is 6.54. The molecule has 0 aliphatic heterocycles. The van der Waals surface area contributed by atoms with E-state index in [4.69, 9.17) is 0 Å². The number of carbonyl (C=O) groups excluding carboxylic acids is 1. The predicted molar refractivity (Wildman–Crippen MR) is 80.8 cm³/mol. The Morgan fingerprint density at radius 3 is 2.68 bits per heavy atom. The maximum absolute atomic E-state index is 12.1. The largest absolute Gasteiger partial charge is 0.355 e. The fourth-order valence-electron chi connectivity index (χ4n) is 1.44. The van der Waals surface area contributed by atoms with Gasteiger partial charge in [-0.05, 0) is 13.3 Å². The summed E-state index contributed by atoms with van der Waals surface area (Å²) in [7, 11) is -1.22. The summed E-state index contributed by atoms with van der Waals surface area (Å²) in [6, 6.07) is 0. The van der Waals surface area contributed by atoms with Gasteiger partial charge in [-0.15, -0.1) is 11.3 Å². The third-order valence-electron chi connectivity index (χ3n) is 2.67. The fraction of sp³-hybridized carbons (Fsp3) is 0.692. The molecule has 19 heavy (non-hydrogen) atoms. The molecule has 1 amide bonds. The Morgan fingerprint density at radius 1 is 1.47 bits per heavy atom. The highest BCUT2D eigenvalue weighted by atomic mass is 32.2. The van der Waals surface area contributed by atoms with E-state index in [1.807, 2.05) is 12.3 Å². The predicted octanol–water partition coefficient (Wildman–Crippen LogP) is 2.43. The van der Waals surface area contributed by atoms with Gasteiger partial charge in [0.1, 0.15) is 5.25 Å². The molecular weight excluding hydrogens is 280 g/mol. The van der Waals surface area contributed by atoms with Crippen molar-refractivity contribution in [3.8, 4) is 0 Å². The van der Waals surface area contributed by atoms with Crippen LogP contribution in [-0.2, 0) is 21.3 Å². The summed E-state index contributed by atoms with van der Waals surface area (Å²) < 4.78 is 12.1. The van der Waals surface area contributed by atoms with Crippen LogP contribution >= 0.6 is 11.3 Å². The van der Waals surface area contributed by atoms with Crippen LogP contribution in [0.5, 0.6) is 0 Å². The van der Waals surface area contributed by atoms with Crippen molar-refractivity contribution in [1.29, 1.82) is 0 Å². The van der Waals surface area contributed by atoms with Crippen molar-refractivity contribution >= 4 is 28.0 Å². The van der Waals surface area contributed by atoms with E-state index in [2.05, 4.69) is 24.1 Å². The number of rotatable bonds is 7. The summed E-state index contributed by atoms with van der Waals surface area (Å²) in [4.78, 5) is 16.2. The SMILES string of the molecule is CCCNC(=O)[C@@H](C)[S@](=O)Cc1csc(C(C)C)n1. The quantitative estimate of drug-likeness (QED) is 0.841. The molecule has 1 aromatic rings. The van der Waals surface area contributed by atoms with Gasteiger partial charge in [0.15, 0.2) is 0 Å². The van der Waals surface area contributed by atoms with Crippen molar-refractivity contribution < 1.29 is 9.00 Å². The van der Waals surface area contributed by atoms with Gasteiger partial charge in [0.2, 0.25) is 5.91 Å². The van der Waals surface area contributed by atoms with Crippen LogP contribution in [0, 0.1) is 0 Å². The minimum absolute atomic E-state index is 0.139. The summed E-state index contributed by atoms with van der Waals surface area (Å²) in [5.74, 6) is 0.598.